The van der Waals surface area contributed by atoms with Crippen LogP contribution in [0.5, 0.6) is 17.6 Å². The zero-order valence-corrected chi connectivity index (χ0v) is 40.5. The second-order valence-corrected chi connectivity index (χ2v) is 20.4. The van der Waals surface area contributed by atoms with E-state index < -0.39 is 37.7 Å². The number of hydrogen-bond donors (Lipinski definition) is 9. The maximum atomic E-state index is 11.9. The first-order chi connectivity index (χ1) is 36.0. The largest absolute Gasteiger partial charge is 0.493 e. The van der Waals surface area contributed by atoms with Gasteiger partial charge >= 0.3 is 17.1 Å². The van der Waals surface area contributed by atoms with Gasteiger partial charge in [0.1, 0.15) is 23.4 Å². The standard InChI is InChI=1S/C15H13N9O2.C13H13N7O4S.C13H13N7O3S/c25-12-10(19-15(26)21-12)5-8-6-17-24-11(8)20-13(23-4-3-16-7-23)22-14(24)18-9-1-2-9;1-25(23,24)13-17-9-6(4-8-10(21)18-12(22)16-8)5-14-20(9)11(19-13)15-7-2-3-7;1-24(23)13-17-9-6(4-8-10(21)18-12(22)16-8)5-14-20(9)11(19-13)15-7-2-3-7/h3-7,9,25H,1-2H2,(H2,19,21,26);4-5,7,21H,2-3H2,1H3,(H2,16,18,22);4-5,7,21H,2-3H2,1H3,(H2,16,18,22). The van der Waals surface area contributed by atoms with E-state index in [2.05, 4.69) is 95.1 Å². The Bertz CT molecular complexity index is 4610. The predicted molar refractivity (Wildman–Crippen MR) is 256 cm³/mol. The van der Waals surface area contributed by atoms with Crippen LogP contribution in [0.15, 0.2) is 77.0 Å². The molecule has 3 fully saturated rings. The Labute approximate surface area is 417 Å². The van der Waals surface area contributed by atoms with Gasteiger partial charge in [0.15, 0.2) is 16.9 Å². The number of imidazole rings is 4. The Hall–Kier alpha value is -9.60. The van der Waals surface area contributed by atoms with Gasteiger partial charge in [-0.1, -0.05) is 0 Å². The van der Waals surface area contributed by atoms with Crippen LogP contribution in [0.4, 0.5) is 0 Å². The number of H-pyrrole nitrogens is 6. The summed E-state index contributed by atoms with van der Waals surface area (Å²) in [7, 11) is -5.03. The van der Waals surface area contributed by atoms with Crippen LogP contribution in [0.25, 0.3) is 41.1 Å². The van der Waals surface area contributed by atoms with E-state index in [9.17, 15) is 42.3 Å². The van der Waals surface area contributed by atoms with Gasteiger partial charge in [0.25, 0.3) is 22.0 Å². The van der Waals surface area contributed by atoms with Gasteiger partial charge in [-0.15, -0.1) is 0 Å². The quantitative estimate of drug-likeness (QED) is 0.0652. The van der Waals surface area contributed by atoms with E-state index in [1.807, 2.05) is 0 Å². The van der Waals surface area contributed by atoms with Crippen molar-refractivity contribution < 1.29 is 27.9 Å². The van der Waals surface area contributed by atoms with Gasteiger partial charge in [0.2, 0.25) is 38.6 Å². The van der Waals surface area contributed by atoms with Crippen LogP contribution >= 0.6 is 0 Å². The molecule has 0 radical (unpaired) electrons. The van der Waals surface area contributed by atoms with Crippen molar-refractivity contribution in [2.45, 2.75) is 67.0 Å². The minimum Gasteiger partial charge on any atom is -0.493 e. The molecule has 0 spiro atoms. The molecule has 0 aliphatic heterocycles. The molecule has 10 aromatic heterocycles. The second kappa shape index (κ2) is 18.8. The summed E-state index contributed by atoms with van der Waals surface area (Å²) in [6.07, 6.45) is 22.4. The second-order valence-electron chi connectivity index (χ2n) is 17.2. The first-order valence-electron chi connectivity index (χ1n) is 22.5. The van der Waals surface area contributed by atoms with Gasteiger partial charge in [-0.2, -0.15) is 58.7 Å². The maximum Gasteiger partial charge on any atom is 0.326 e. The number of hydrogen-bond acceptors (Lipinski definition) is 22. The van der Waals surface area contributed by atoms with Gasteiger partial charge in [-0.3, -0.25) is 23.7 Å². The van der Waals surface area contributed by atoms with E-state index in [-0.39, 0.29) is 74.4 Å². The molecule has 10 aromatic rings. The topological polar surface area (TPSA) is 442 Å². The lowest BCUT2D eigenvalue weighted by Crippen LogP contribution is -2.26. The number of sulfone groups is 1. The van der Waals surface area contributed by atoms with Crippen molar-refractivity contribution >= 4 is 55.8 Å². The lowest BCUT2D eigenvalue weighted by atomic mass is 10.3. The Morgan fingerprint density at radius 2 is 1.01 bits per heavy atom. The van der Waals surface area contributed by atoms with Crippen molar-refractivity contribution in [3.05, 3.63) is 118 Å². The summed E-state index contributed by atoms with van der Waals surface area (Å²) in [5.41, 5.74) is 1.04. The van der Waals surface area contributed by atoms with Crippen molar-refractivity contribution in [1.29, 1.82) is 0 Å². The number of aromatic nitrogens is 20. The molecule has 10 heterocycles. The molecule has 3 saturated carbocycles. The summed E-state index contributed by atoms with van der Waals surface area (Å²) in [4.78, 5) is 90.9. The average Bonchev–Trinajstić information content (AvgIpc) is 4.26. The van der Waals surface area contributed by atoms with Crippen molar-refractivity contribution in [2.24, 2.45) is 15.0 Å². The summed E-state index contributed by atoms with van der Waals surface area (Å²) in [5, 5.41) is 43.1. The first kappa shape index (κ1) is 47.7. The summed E-state index contributed by atoms with van der Waals surface area (Å²) in [6.45, 7) is 0. The third kappa shape index (κ3) is 10.4. The van der Waals surface area contributed by atoms with Crippen LogP contribution in [-0.2, 0) is 20.6 Å². The first-order valence-corrected chi connectivity index (χ1v) is 25.9. The Morgan fingerprint density at radius 1 is 0.600 bits per heavy atom. The average molecular weight is 1060 g/mol. The molecule has 9 N–H and O–H groups in total. The fourth-order valence-electron chi connectivity index (χ4n) is 6.98. The highest BCUT2D eigenvalue weighted by molar-refractivity contribution is 7.90. The van der Waals surface area contributed by atoms with Crippen LogP contribution in [0.3, 0.4) is 0 Å². The highest BCUT2D eigenvalue weighted by Gasteiger charge is 2.24. The lowest BCUT2D eigenvalue weighted by Gasteiger charge is -2.01. The summed E-state index contributed by atoms with van der Waals surface area (Å²) in [6, 6.07) is 0.570. The molecule has 3 aliphatic rings. The third-order valence-corrected chi connectivity index (χ3v) is 12.6. The lowest BCUT2D eigenvalue weighted by molar-refractivity contribution is 0.454. The molecule has 75 heavy (non-hydrogen) atoms. The molecular weight excluding hydrogens is 1020 g/mol. The van der Waals surface area contributed by atoms with E-state index >= 15 is 0 Å². The van der Waals surface area contributed by atoms with E-state index in [0.717, 1.165) is 44.8 Å². The molecule has 0 aromatic carbocycles. The van der Waals surface area contributed by atoms with Crippen molar-refractivity contribution in [1.82, 2.24) is 98.2 Å². The highest BCUT2D eigenvalue weighted by atomic mass is 32.2. The number of nitrogens with zero attached hydrogens (tertiary/aromatic N) is 17. The predicted octanol–water partition coefficient (Wildman–Crippen LogP) is -5.30. The third-order valence-electron chi connectivity index (χ3n) is 11.0. The van der Waals surface area contributed by atoms with Crippen molar-refractivity contribution in [3.8, 4) is 23.6 Å². The monoisotopic (exact) mass is 1060 g/mol. The Morgan fingerprint density at radius 3 is 1.39 bits per heavy atom. The zero-order valence-electron chi connectivity index (χ0n) is 38.9. The van der Waals surface area contributed by atoms with Gasteiger partial charge in [-0.25, -0.2) is 42.8 Å². The molecule has 32 nitrogen and oxygen atoms in total. The van der Waals surface area contributed by atoms with Crippen molar-refractivity contribution in [3.63, 3.8) is 0 Å². The smallest absolute Gasteiger partial charge is 0.326 e. The minimum absolute atomic E-state index is 0.104. The zero-order chi connectivity index (χ0) is 52.3. The van der Waals surface area contributed by atoms with Crippen molar-refractivity contribution in [2.75, 3.05) is 12.5 Å². The summed E-state index contributed by atoms with van der Waals surface area (Å²) < 4.78 is 41.6. The van der Waals surface area contributed by atoms with Gasteiger partial charge in [-0.05, 0) is 56.8 Å². The van der Waals surface area contributed by atoms with Crippen LogP contribution in [0.2, 0.25) is 0 Å². The summed E-state index contributed by atoms with van der Waals surface area (Å²) >= 11 is 0. The number of fused-ring (bicyclic) bond motifs is 3. The fourth-order valence-corrected chi connectivity index (χ4v) is 7.90. The van der Waals surface area contributed by atoms with Crippen LogP contribution in [-0.4, -0.2) is 157 Å². The molecule has 0 saturated heterocycles. The molecular formula is C41H39N23O9S2. The summed E-state index contributed by atoms with van der Waals surface area (Å²) in [5.74, 6) is -0.460. The molecule has 1 atom stereocenters. The molecule has 0 bridgehead atoms. The Kier molecular flexibility index (Phi) is 11.9. The van der Waals surface area contributed by atoms with E-state index in [1.165, 1.54) is 39.8 Å². The van der Waals surface area contributed by atoms with E-state index in [0.29, 0.717) is 44.1 Å². The number of aromatic amines is 6. The molecule has 0 amide bonds. The molecule has 1 unspecified atom stereocenters. The van der Waals surface area contributed by atoms with Crippen LogP contribution in [0.1, 0.15) is 55.6 Å². The van der Waals surface area contributed by atoms with Gasteiger partial charge < -0.3 is 30.3 Å². The highest BCUT2D eigenvalue weighted by Crippen LogP contribution is 2.24. The van der Waals surface area contributed by atoms with E-state index in [4.69, 9.17) is 0 Å². The maximum absolute atomic E-state index is 11.9. The normalized spacial score (nSPS) is 16.8. The number of aromatic hydroxyl groups is 3. The van der Waals surface area contributed by atoms with Crippen LogP contribution < -0.4 is 49.6 Å². The molecule has 384 valence electrons. The van der Waals surface area contributed by atoms with Gasteiger partial charge in [0, 0.05) is 40.6 Å². The molecule has 3 aliphatic carbocycles. The Balaban J connectivity index is 0.000000121. The molecule has 34 heteroatoms. The minimum atomic E-state index is -3.65. The fraction of sp³-hybridized carbons (Fsp3) is 0.268. The van der Waals surface area contributed by atoms with Crippen LogP contribution in [0, 0.1) is 0 Å². The number of nitrogens with one attached hydrogen (secondary N) is 6. The SMILES string of the molecule is CS(=O)(=O)c1nc(=NC2CC2)n2ncc(=Cc3[nH]c(=O)[nH]c3O)c2n1.CS(=O)c1nc(=NC2CC2)n2ncc(=Cc3[nH]c(=O)[nH]c3O)c2n1.O=c1[nH]c(O)c(C=c2cnn3c(=NC4CC4)nc(-n4ccnc4)nc23)[nH]1. The number of rotatable bonds is 9. The molecule has 13 rings (SSSR count). The van der Waals surface area contributed by atoms with Gasteiger partial charge in [0.05, 0.1) is 47.5 Å². The van der Waals surface area contributed by atoms with E-state index in [1.54, 1.807) is 40.1 Å².